The molecule has 92 valence electrons. The summed E-state index contributed by atoms with van der Waals surface area (Å²) in [5, 5.41) is 18.2. The Morgan fingerprint density at radius 2 is 1.72 bits per heavy atom. The molecule has 2 aromatic rings. The second-order valence-electron chi connectivity index (χ2n) is 4.04. The molecule has 0 spiro atoms. The quantitative estimate of drug-likeness (QED) is 0.763. The van der Waals surface area contributed by atoms with Crippen LogP contribution in [0, 0.1) is 13.8 Å². The summed E-state index contributed by atoms with van der Waals surface area (Å²) in [4.78, 5) is 0. The number of hydrogen-bond acceptors (Lipinski definition) is 3. The molecule has 2 rings (SSSR count). The number of azo groups is 1. The lowest BCUT2D eigenvalue weighted by molar-refractivity contribution is 0.472. The van der Waals surface area contributed by atoms with Gasteiger partial charge in [-0.25, -0.2) is 0 Å². The predicted octanol–water partition coefficient (Wildman–Crippen LogP) is 5.19. The van der Waals surface area contributed by atoms with Gasteiger partial charge in [0, 0.05) is 0 Å². The zero-order chi connectivity index (χ0) is 13.1. The van der Waals surface area contributed by atoms with Crippen LogP contribution in [0.1, 0.15) is 11.1 Å². The molecule has 0 atom stereocenters. The lowest BCUT2D eigenvalue weighted by Crippen LogP contribution is -1.83. The van der Waals surface area contributed by atoms with E-state index < -0.39 is 0 Å². The van der Waals surface area contributed by atoms with E-state index in [0.29, 0.717) is 10.2 Å². The van der Waals surface area contributed by atoms with Crippen molar-refractivity contribution in [3.8, 4) is 5.75 Å². The molecule has 2 aromatic carbocycles. The van der Waals surface area contributed by atoms with Gasteiger partial charge in [0.2, 0.25) is 0 Å². The summed E-state index contributed by atoms with van der Waals surface area (Å²) in [7, 11) is 0. The number of benzene rings is 2. The third-order valence-corrected chi connectivity index (χ3v) is 3.72. The van der Waals surface area contributed by atoms with Crippen LogP contribution in [-0.4, -0.2) is 5.11 Å². The van der Waals surface area contributed by atoms with Gasteiger partial charge >= 0.3 is 0 Å². The number of rotatable bonds is 2. The Bertz CT molecular complexity index is 594. The summed E-state index contributed by atoms with van der Waals surface area (Å²) in [5.41, 5.74) is 3.29. The molecule has 0 aliphatic rings. The van der Waals surface area contributed by atoms with Gasteiger partial charge in [0.05, 0.1) is 10.2 Å². The lowest BCUT2D eigenvalue weighted by Gasteiger charge is -2.07. The second-order valence-corrected chi connectivity index (χ2v) is 4.83. The normalized spacial score (nSPS) is 11.1. The fraction of sp³-hybridized carbons (Fsp3) is 0.143. The number of nitrogens with zero attached hydrogens (tertiary/aromatic N) is 2. The van der Waals surface area contributed by atoms with E-state index in [1.54, 1.807) is 0 Å². The number of phenols is 1. The molecule has 0 saturated carbocycles. The first-order valence-corrected chi connectivity index (χ1v) is 6.34. The van der Waals surface area contributed by atoms with Crippen molar-refractivity contribution < 1.29 is 5.11 Å². The van der Waals surface area contributed by atoms with Crippen molar-refractivity contribution in [2.24, 2.45) is 10.2 Å². The van der Waals surface area contributed by atoms with Crippen molar-refractivity contribution in [1.82, 2.24) is 0 Å². The van der Waals surface area contributed by atoms with Gasteiger partial charge in [-0.3, -0.25) is 0 Å². The van der Waals surface area contributed by atoms with Crippen molar-refractivity contribution >= 4 is 27.3 Å². The highest BCUT2D eigenvalue weighted by Gasteiger charge is 2.10. The molecule has 4 heteroatoms. The van der Waals surface area contributed by atoms with Crippen molar-refractivity contribution in [1.29, 1.82) is 0 Å². The minimum absolute atomic E-state index is 0.123. The zero-order valence-corrected chi connectivity index (χ0v) is 11.8. The highest BCUT2D eigenvalue weighted by atomic mass is 79.9. The van der Waals surface area contributed by atoms with Crippen LogP contribution < -0.4 is 0 Å². The Kier molecular flexibility index (Phi) is 3.77. The molecule has 0 aromatic heterocycles. The molecule has 3 nitrogen and oxygen atoms in total. The van der Waals surface area contributed by atoms with Gasteiger partial charge in [-0.2, -0.15) is 5.11 Å². The first kappa shape index (κ1) is 12.8. The number of phenolic OH excluding ortho intramolecular Hbond substituents is 1. The standard InChI is InChI=1S/C14H13BrN2O/c1-9-8-12(14(18)13(15)10(9)2)17-16-11-6-4-3-5-7-11/h3-8,18H,1-2H3. The minimum atomic E-state index is 0.123. The summed E-state index contributed by atoms with van der Waals surface area (Å²) >= 11 is 3.36. The molecule has 18 heavy (non-hydrogen) atoms. The molecule has 0 amide bonds. The smallest absolute Gasteiger partial charge is 0.157 e. The van der Waals surface area contributed by atoms with Crippen molar-refractivity contribution in [2.45, 2.75) is 13.8 Å². The zero-order valence-electron chi connectivity index (χ0n) is 10.2. The van der Waals surface area contributed by atoms with E-state index in [2.05, 4.69) is 26.2 Å². The highest BCUT2D eigenvalue weighted by molar-refractivity contribution is 9.10. The average Bonchev–Trinajstić information content (AvgIpc) is 2.40. The largest absolute Gasteiger partial charge is 0.504 e. The number of hydrogen-bond donors (Lipinski definition) is 1. The molecular formula is C14H13BrN2O. The Morgan fingerprint density at radius 1 is 1.06 bits per heavy atom. The molecule has 0 aliphatic carbocycles. The molecule has 0 heterocycles. The monoisotopic (exact) mass is 304 g/mol. The molecule has 0 unspecified atom stereocenters. The first-order valence-electron chi connectivity index (χ1n) is 5.55. The van der Waals surface area contributed by atoms with Crippen molar-refractivity contribution in [3.63, 3.8) is 0 Å². The minimum Gasteiger partial charge on any atom is -0.504 e. The third-order valence-electron chi connectivity index (χ3n) is 2.75. The summed E-state index contributed by atoms with van der Waals surface area (Å²) in [6, 6.07) is 11.2. The van der Waals surface area contributed by atoms with Crippen LogP contribution in [0.3, 0.4) is 0 Å². The fourth-order valence-electron chi connectivity index (χ4n) is 1.53. The van der Waals surface area contributed by atoms with E-state index in [9.17, 15) is 5.11 Å². The summed E-state index contributed by atoms with van der Waals surface area (Å²) in [6.45, 7) is 3.92. The SMILES string of the molecule is Cc1cc(N=Nc2ccccc2)c(O)c(Br)c1C. The van der Waals surface area contributed by atoms with Gasteiger partial charge in [0.25, 0.3) is 0 Å². The van der Waals surface area contributed by atoms with Gasteiger partial charge in [-0.05, 0) is 59.1 Å². The highest BCUT2D eigenvalue weighted by Crippen LogP contribution is 2.39. The van der Waals surface area contributed by atoms with Gasteiger partial charge in [0.15, 0.2) is 5.75 Å². The van der Waals surface area contributed by atoms with E-state index in [1.165, 1.54) is 0 Å². The van der Waals surface area contributed by atoms with Crippen LogP contribution in [-0.2, 0) is 0 Å². The topological polar surface area (TPSA) is 45.0 Å². The van der Waals surface area contributed by atoms with Crippen LogP contribution in [0.25, 0.3) is 0 Å². The summed E-state index contributed by atoms with van der Waals surface area (Å²) < 4.78 is 0.671. The van der Waals surface area contributed by atoms with Crippen molar-refractivity contribution in [2.75, 3.05) is 0 Å². The molecule has 1 N–H and O–H groups in total. The maximum Gasteiger partial charge on any atom is 0.157 e. The average molecular weight is 305 g/mol. The predicted molar refractivity (Wildman–Crippen MR) is 75.9 cm³/mol. The summed E-state index contributed by atoms with van der Waals surface area (Å²) in [5.74, 6) is 0.123. The second kappa shape index (κ2) is 5.31. The third kappa shape index (κ3) is 2.59. The van der Waals surface area contributed by atoms with E-state index >= 15 is 0 Å². The first-order chi connectivity index (χ1) is 8.59. The Hall–Kier alpha value is -1.68. The maximum atomic E-state index is 9.98. The Labute approximate surface area is 114 Å². The molecule has 0 bridgehead atoms. The van der Waals surface area contributed by atoms with E-state index in [4.69, 9.17) is 0 Å². The van der Waals surface area contributed by atoms with Crippen LogP contribution in [0.15, 0.2) is 51.1 Å². The Balaban J connectivity index is 2.39. The molecule has 0 fully saturated rings. The lowest BCUT2D eigenvalue weighted by atomic mass is 10.1. The maximum absolute atomic E-state index is 9.98. The van der Waals surface area contributed by atoms with E-state index in [1.807, 2.05) is 50.2 Å². The van der Waals surface area contributed by atoms with Crippen molar-refractivity contribution in [3.05, 3.63) is 52.0 Å². The molecule has 0 radical (unpaired) electrons. The number of aryl methyl sites for hydroxylation is 1. The van der Waals surface area contributed by atoms with Crippen LogP contribution in [0.5, 0.6) is 5.75 Å². The van der Waals surface area contributed by atoms with Gasteiger partial charge in [0.1, 0.15) is 5.69 Å². The fourth-order valence-corrected chi connectivity index (χ4v) is 2.04. The van der Waals surface area contributed by atoms with Crippen LogP contribution in [0.4, 0.5) is 11.4 Å². The molecular weight excluding hydrogens is 292 g/mol. The number of halogens is 1. The summed E-state index contributed by atoms with van der Waals surface area (Å²) in [6.07, 6.45) is 0. The van der Waals surface area contributed by atoms with Gasteiger partial charge in [-0.1, -0.05) is 18.2 Å². The van der Waals surface area contributed by atoms with E-state index in [-0.39, 0.29) is 5.75 Å². The van der Waals surface area contributed by atoms with Gasteiger partial charge in [-0.15, -0.1) is 5.11 Å². The molecule has 0 aliphatic heterocycles. The van der Waals surface area contributed by atoms with Crippen LogP contribution in [0.2, 0.25) is 0 Å². The van der Waals surface area contributed by atoms with Gasteiger partial charge < -0.3 is 5.11 Å². The van der Waals surface area contributed by atoms with E-state index in [0.717, 1.165) is 16.8 Å². The van der Waals surface area contributed by atoms with Crippen LogP contribution >= 0.6 is 15.9 Å². The number of aromatic hydroxyl groups is 1. The molecule has 0 saturated heterocycles. The Morgan fingerprint density at radius 3 is 2.39 bits per heavy atom.